The fourth-order valence-corrected chi connectivity index (χ4v) is 3.35. The molecule has 0 heterocycles. The molecule has 0 saturated carbocycles. The molecule has 150 valence electrons. The lowest BCUT2D eigenvalue weighted by Crippen LogP contribution is -2.11. The topological polar surface area (TPSA) is 112 Å². The third-order valence-corrected chi connectivity index (χ3v) is 4.51. The molecule has 28 heavy (non-hydrogen) atoms. The Morgan fingerprint density at radius 1 is 0.750 bits per heavy atom. The summed E-state index contributed by atoms with van der Waals surface area (Å²) >= 11 is 0. The third kappa shape index (κ3) is 3.28. The average molecular weight is 390 g/mol. The first kappa shape index (κ1) is 20.9. The quantitative estimate of drug-likeness (QED) is 0.740. The maximum Gasteiger partial charge on any atom is 0.336 e. The molecule has 0 radical (unpaired) electrons. The van der Waals surface area contributed by atoms with Crippen molar-refractivity contribution in [3.63, 3.8) is 0 Å². The second kappa shape index (κ2) is 8.08. The lowest BCUT2D eigenvalue weighted by molar-refractivity contribution is 0.0683. The van der Waals surface area contributed by atoms with Crippen LogP contribution in [0.4, 0.5) is 0 Å². The van der Waals surface area contributed by atoms with Gasteiger partial charge in [0.15, 0.2) is 0 Å². The second-order valence-electron chi connectivity index (χ2n) is 5.93. The summed E-state index contributed by atoms with van der Waals surface area (Å²) in [5.41, 5.74) is 0.752. The van der Waals surface area contributed by atoms with E-state index in [1.807, 2.05) is 0 Å². The van der Waals surface area contributed by atoms with E-state index < -0.39 is 11.9 Å². The molecule has 0 amide bonds. The van der Waals surface area contributed by atoms with Gasteiger partial charge in [-0.15, -0.1) is 0 Å². The van der Waals surface area contributed by atoms with Crippen LogP contribution in [0.25, 0.3) is 11.1 Å². The van der Waals surface area contributed by atoms with E-state index >= 15 is 0 Å². The van der Waals surface area contributed by atoms with Crippen LogP contribution in [0.1, 0.15) is 31.8 Å². The number of hydrogen-bond donors (Lipinski definition) is 2. The number of carboxylic acids is 2. The highest BCUT2D eigenvalue weighted by molar-refractivity contribution is 6.07. The van der Waals surface area contributed by atoms with Gasteiger partial charge in [-0.25, -0.2) is 9.59 Å². The van der Waals surface area contributed by atoms with Crippen molar-refractivity contribution >= 4 is 11.9 Å². The molecule has 0 atom stereocenters. The number of rotatable bonds is 7. The molecule has 0 aromatic heterocycles. The monoisotopic (exact) mass is 390 g/mol. The lowest BCUT2D eigenvalue weighted by Gasteiger charge is -2.23. The zero-order chi connectivity index (χ0) is 21.2. The van der Waals surface area contributed by atoms with Gasteiger partial charge in [0.1, 0.15) is 23.0 Å². The summed E-state index contributed by atoms with van der Waals surface area (Å²) < 4.78 is 21.4. The van der Waals surface area contributed by atoms with Crippen molar-refractivity contribution < 1.29 is 38.7 Å². The average Bonchev–Trinajstić information content (AvgIpc) is 2.66. The van der Waals surface area contributed by atoms with E-state index in [-0.39, 0.29) is 39.5 Å². The minimum atomic E-state index is -1.27. The van der Waals surface area contributed by atoms with Crippen molar-refractivity contribution in [2.24, 2.45) is 0 Å². The third-order valence-electron chi connectivity index (χ3n) is 4.51. The van der Waals surface area contributed by atoms with E-state index in [1.165, 1.54) is 40.6 Å². The molecule has 8 nitrogen and oxygen atoms in total. The van der Waals surface area contributed by atoms with Crippen LogP contribution in [0.5, 0.6) is 23.0 Å². The van der Waals surface area contributed by atoms with Crippen molar-refractivity contribution in [2.45, 2.75) is 13.8 Å². The Morgan fingerprint density at radius 2 is 1.36 bits per heavy atom. The minimum Gasteiger partial charge on any atom is -0.497 e. The van der Waals surface area contributed by atoms with Crippen LogP contribution in [-0.2, 0) is 0 Å². The molecule has 0 saturated heterocycles. The van der Waals surface area contributed by atoms with Gasteiger partial charge in [-0.05, 0) is 19.9 Å². The predicted octanol–water partition coefficient (Wildman–Crippen LogP) is 3.40. The van der Waals surface area contributed by atoms with Gasteiger partial charge in [0.25, 0.3) is 0 Å². The van der Waals surface area contributed by atoms with Gasteiger partial charge >= 0.3 is 11.9 Å². The smallest absolute Gasteiger partial charge is 0.336 e. The second-order valence-corrected chi connectivity index (χ2v) is 5.93. The molecule has 8 heteroatoms. The van der Waals surface area contributed by atoms with Crippen molar-refractivity contribution in [3.8, 4) is 34.1 Å². The van der Waals surface area contributed by atoms with E-state index in [0.29, 0.717) is 16.9 Å². The summed E-state index contributed by atoms with van der Waals surface area (Å²) in [7, 11) is 5.56. The number of carboxylic acid groups (broad SMARTS) is 2. The Kier molecular flexibility index (Phi) is 6.03. The molecule has 2 aromatic rings. The Hall–Kier alpha value is -3.42. The number of hydrogen-bond acceptors (Lipinski definition) is 6. The number of ether oxygens (including phenoxy) is 4. The number of carbonyl (C=O) groups is 2. The van der Waals surface area contributed by atoms with Gasteiger partial charge in [0, 0.05) is 28.3 Å². The van der Waals surface area contributed by atoms with Crippen LogP contribution in [-0.4, -0.2) is 50.6 Å². The molecule has 0 spiro atoms. The van der Waals surface area contributed by atoms with Crippen LogP contribution >= 0.6 is 0 Å². The summed E-state index contributed by atoms with van der Waals surface area (Å²) in [5.74, 6) is -1.58. The molecular formula is C20H22O8. The lowest BCUT2D eigenvalue weighted by atomic mass is 9.88. The highest BCUT2D eigenvalue weighted by atomic mass is 16.5. The highest BCUT2D eigenvalue weighted by Gasteiger charge is 2.31. The van der Waals surface area contributed by atoms with Crippen molar-refractivity contribution in [2.75, 3.05) is 28.4 Å². The molecular weight excluding hydrogens is 368 g/mol. The summed E-state index contributed by atoms with van der Waals surface area (Å²) in [6.07, 6.45) is 0. The molecule has 0 unspecified atom stereocenters. The van der Waals surface area contributed by atoms with Crippen LogP contribution in [0, 0.1) is 13.8 Å². The minimum absolute atomic E-state index is 0.0823. The zero-order valence-electron chi connectivity index (χ0n) is 16.5. The Balaban J connectivity index is 3.16. The summed E-state index contributed by atoms with van der Waals surface area (Å²) in [6.45, 7) is 3.30. The van der Waals surface area contributed by atoms with Gasteiger partial charge < -0.3 is 29.2 Å². The largest absolute Gasteiger partial charge is 0.497 e. The molecule has 0 aliphatic rings. The number of methoxy groups -OCH3 is 4. The summed E-state index contributed by atoms with van der Waals surface area (Å²) in [5, 5.41) is 19.7. The summed E-state index contributed by atoms with van der Waals surface area (Å²) in [6, 6.07) is 2.79. The van der Waals surface area contributed by atoms with Gasteiger partial charge in [0.2, 0.25) is 0 Å². The van der Waals surface area contributed by atoms with Crippen molar-refractivity contribution in [1.82, 2.24) is 0 Å². The first-order chi connectivity index (χ1) is 13.2. The Labute approximate surface area is 162 Å². The molecule has 2 rings (SSSR count). The Morgan fingerprint density at radius 3 is 1.79 bits per heavy atom. The van der Waals surface area contributed by atoms with E-state index in [9.17, 15) is 19.8 Å². The molecule has 2 N–H and O–H groups in total. The number of benzene rings is 2. The molecule has 0 aliphatic carbocycles. The standard InChI is InChI=1S/C20H22O8/c1-9-14(20(23)24)16(18(28-6)10(2)17(9)27-5)15-12(19(21)22)7-11(25-3)8-13(15)26-4/h7-8H,1-6H3,(H,21,22)(H,23,24). The fraction of sp³-hybridized carbons (Fsp3) is 0.300. The predicted molar refractivity (Wildman–Crippen MR) is 101 cm³/mol. The van der Waals surface area contributed by atoms with Crippen LogP contribution in [0.15, 0.2) is 12.1 Å². The normalized spacial score (nSPS) is 10.4. The van der Waals surface area contributed by atoms with E-state index in [2.05, 4.69) is 0 Å². The van der Waals surface area contributed by atoms with Crippen LogP contribution < -0.4 is 18.9 Å². The fourth-order valence-electron chi connectivity index (χ4n) is 3.35. The Bertz CT molecular complexity index is 946. The zero-order valence-corrected chi connectivity index (χ0v) is 16.5. The van der Waals surface area contributed by atoms with Gasteiger partial charge in [-0.3, -0.25) is 0 Å². The first-order valence-corrected chi connectivity index (χ1v) is 8.21. The molecule has 0 aliphatic heterocycles. The first-order valence-electron chi connectivity index (χ1n) is 8.21. The van der Waals surface area contributed by atoms with E-state index in [1.54, 1.807) is 13.8 Å². The van der Waals surface area contributed by atoms with Crippen LogP contribution in [0.2, 0.25) is 0 Å². The highest BCUT2D eigenvalue weighted by Crippen LogP contribution is 2.48. The van der Waals surface area contributed by atoms with E-state index in [4.69, 9.17) is 18.9 Å². The van der Waals surface area contributed by atoms with Gasteiger partial charge in [-0.1, -0.05) is 0 Å². The van der Waals surface area contributed by atoms with Crippen molar-refractivity contribution in [1.29, 1.82) is 0 Å². The van der Waals surface area contributed by atoms with Crippen LogP contribution in [0.3, 0.4) is 0 Å². The van der Waals surface area contributed by atoms with Crippen molar-refractivity contribution in [3.05, 3.63) is 34.4 Å². The molecule has 2 aromatic carbocycles. The molecule has 0 bridgehead atoms. The number of aromatic carboxylic acids is 2. The molecule has 0 fully saturated rings. The van der Waals surface area contributed by atoms with Gasteiger partial charge in [-0.2, -0.15) is 0 Å². The summed E-state index contributed by atoms with van der Waals surface area (Å²) in [4.78, 5) is 24.1. The SMILES string of the molecule is COc1cc(OC)c(-c2c(OC)c(C)c(OC)c(C)c2C(=O)O)c(C(=O)O)c1. The van der Waals surface area contributed by atoms with Gasteiger partial charge in [0.05, 0.1) is 39.6 Å². The maximum atomic E-state index is 12.1. The maximum absolute atomic E-state index is 12.1. The van der Waals surface area contributed by atoms with E-state index in [0.717, 1.165) is 0 Å².